The zero-order valence-corrected chi connectivity index (χ0v) is 17.9. The Balaban J connectivity index is 1.69. The molecule has 0 bridgehead atoms. The van der Waals surface area contributed by atoms with E-state index in [1.54, 1.807) is 0 Å². The smallest absolute Gasteiger partial charge is 0.411 e. The van der Waals surface area contributed by atoms with Gasteiger partial charge in [0.1, 0.15) is 17.0 Å². The minimum Gasteiger partial charge on any atom is -0.508 e. The number of hydrogen-bond donors (Lipinski definition) is 4. The molecular weight excluding hydrogens is 451 g/mol. The lowest BCUT2D eigenvalue weighted by Gasteiger charge is -2.20. The van der Waals surface area contributed by atoms with Gasteiger partial charge in [-0.2, -0.15) is 13.2 Å². The molecule has 1 aromatic heterocycles. The number of phenols is 1. The van der Waals surface area contributed by atoms with Crippen LogP contribution < -0.4 is 10.6 Å². The standard InChI is InChI=1S/C21H21ClF3N3O4/c1-19(2,32)13-10-14(22)11(7-16(13)29)8-17(30)27-12-3-6-26-15(9-12)18(31)28-20(4-5-20)21(23,24)25/h3,6-7,9-10,29,32H,4-5,8H2,1-2H3,(H,28,31)(H,26,27,30). The molecule has 0 radical (unpaired) electrons. The topological polar surface area (TPSA) is 112 Å². The third-order valence-electron chi connectivity index (χ3n) is 5.10. The van der Waals surface area contributed by atoms with Gasteiger partial charge in [-0.25, -0.2) is 0 Å². The van der Waals surface area contributed by atoms with E-state index >= 15 is 0 Å². The highest BCUT2D eigenvalue weighted by Gasteiger charge is 2.64. The van der Waals surface area contributed by atoms with E-state index in [1.165, 1.54) is 38.2 Å². The van der Waals surface area contributed by atoms with Crippen LogP contribution in [0.1, 0.15) is 48.3 Å². The maximum absolute atomic E-state index is 13.0. The van der Waals surface area contributed by atoms with E-state index in [0.29, 0.717) is 5.56 Å². The van der Waals surface area contributed by atoms with Crippen molar-refractivity contribution >= 4 is 29.1 Å². The van der Waals surface area contributed by atoms with Crippen LogP contribution in [0.2, 0.25) is 5.02 Å². The van der Waals surface area contributed by atoms with Crippen molar-refractivity contribution in [2.45, 2.75) is 50.4 Å². The van der Waals surface area contributed by atoms with E-state index < -0.39 is 29.1 Å². The number of nitrogens with zero attached hydrogens (tertiary/aromatic N) is 1. The molecule has 0 saturated heterocycles. The van der Waals surface area contributed by atoms with Gasteiger partial charge >= 0.3 is 6.18 Å². The fraction of sp³-hybridized carbons (Fsp3) is 0.381. The van der Waals surface area contributed by atoms with E-state index in [1.807, 2.05) is 5.32 Å². The maximum atomic E-state index is 13.0. The largest absolute Gasteiger partial charge is 0.508 e. The van der Waals surface area contributed by atoms with Crippen LogP contribution >= 0.6 is 11.6 Å². The minimum absolute atomic E-state index is 0.153. The molecule has 1 heterocycles. The SMILES string of the molecule is CC(C)(O)c1cc(Cl)c(CC(=O)Nc2ccnc(C(=O)NC3(C(F)(F)F)CC3)c2)cc1O. The fourth-order valence-corrected chi connectivity index (χ4v) is 3.36. The second-order valence-corrected chi connectivity index (χ2v) is 8.62. The number of halogens is 4. The van der Waals surface area contributed by atoms with Crippen molar-refractivity contribution in [2.24, 2.45) is 0 Å². The lowest BCUT2D eigenvalue weighted by Crippen LogP contribution is -2.48. The summed E-state index contributed by atoms with van der Waals surface area (Å²) in [6.07, 6.45) is -3.99. The average Bonchev–Trinajstić information content (AvgIpc) is 3.44. The summed E-state index contributed by atoms with van der Waals surface area (Å²) in [7, 11) is 0. The number of aromatic hydroxyl groups is 1. The number of benzene rings is 1. The van der Waals surface area contributed by atoms with Crippen LogP contribution in [0.15, 0.2) is 30.5 Å². The van der Waals surface area contributed by atoms with E-state index in [2.05, 4.69) is 10.3 Å². The summed E-state index contributed by atoms with van der Waals surface area (Å²) in [5, 5.41) is 24.8. The van der Waals surface area contributed by atoms with Crippen molar-refractivity contribution < 1.29 is 33.0 Å². The molecule has 4 N–H and O–H groups in total. The molecule has 0 atom stereocenters. The molecule has 11 heteroatoms. The van der Waals surface area contributed by atoms with Crippen LogP contribution in [-0.4, -0.2) is 38.7 Å². The van der Waals surface area contributed by atoms with Crippen LogP contribution in [0.5, 0.6) is 5.75 Å². The third kappa shape index (κ3) is 5.13. The normalized spacial score (nSPS) is 15.2. The summed E-state index contributed by atoms with van der Waals surface area (Å²) >= 11 is 6.17. The number of aliphatic hydroxyl groups is 1. The Bertz CT molecular complexity index is 1060. The molecule has 0 aliphatic heterocycles. The number of alkyl halides is 3. The number of rotatable bonds is 6. The molecule has 1 aromatic carbocycles. The average molecular weight is 472 g/mol. The number of phenolic OH excluding ortho intramolecular Hbond substituents is 1. The van der Waals surface area contributed by atoms with E-state index in [0.717, 1.165) is 6.07 Å². The number of hydrogen-bond acceptors (Lipinski definition) is 5. The molecule has 1 aliphatic carbocycles. The molecular formula is C21H21ClF3N3O4. The van der Waals surface area contributed by atoms with Gasteiger partial charge in [0.05, 0.1) is 12.0 Å². The highest BCUT2D eigenvalue weighted by Crippen LogP contribution is 2.49. The predicted molar refractivity (Wildman–Crippen MR) is 110 cm³/mol. The second kappa shape index (κ2) is 8.25. The van der Waals surface area contributed by atoms with Crippen molar-refractivity contribution in [2.75, 3.05) is 5.32 Å². The number of amides is 2. The molecule has 0 spiro atoms. The van der Waals surface area contributed by atoms with Crippen molar-refractivity contribution in [3.8, 4) is 5.75 Å². The van der Waals surface area contributed by atoms with Crippen molar-refractivity contribution in [3.63, 3.8) is 0 Å². The molecule has 172 valence electrons. The molecule has 2 aromatic rings. The van der Waals surface area contributed by atoms with Gasteiger partial charge in [-0.3, -0.25) is 14.6 Å². The zero-order chi connectivity index (χ0) is 23.9. The van der Waals surface area contributed by atoms with Gasteiger partial charge in [-0.05, 0) is 56.5 Å². The Morgan fingerprint density at radius 2 is 1.88 bits per heavy atom. The van der Waals surface area contributed by atoms with E-state index in [4.69, 9.17) is 11.6 Å². The zero-order valence-electron chi connectivity index (χ0n) is 17.2. The lowest BCUT2D eigenvalue weighted by molar-refractivity contribution is -0.163. The fourth-order valence-electron chi connectivity index (χ4n) is 3.13. The summed E-state index contributed by atoms with van der Waals surface area (Å²) < 4.78 is 39.1. The Labute approximate surface area is 186 Å². The maximum Gasteiger partial charge on any atom is 0.411 e. The van der Waals surface area contributed by atoms with Gasteiger partial charge in [-0.15, -0.1) is 0 Å². The molecule has 3 rings (SSSR count). The molecule has 1 fully saturated rings. The number of aromatic nitrogens is 1. The summed E-state index contributed by atoms with van der Waals surface area (Å²) in [4.78, 5) is 28.4. The first-order valence-corrected chi connectivity index (χ1v) is 9.99. The second-order valence-electron chi connectivity index (χ2n) is 8.21. The van der Waals surface area contributed by atoms with Crippen LogP contribution in [0.4, 0.5) is 18.9 Å². The first-order valence-electron chi connectivity index (χ1n) is 9.61. The summed E-state index contributed by atoms with van der Waals surface area (Å²) in [6, 6.07) is 5.17. The van der Waals surface area contributed by atoms with Gasteiger partial charge in [0, 0.05) is 22.5 Å². The summed E-state index contributed by atoms with van der Waals surface area (Å²) in [5.41, 5.74) is -3.19. The van der Waals surface area contributed by atoms with Crippen molar-refractivity contribution in [1.29, 1.82) is 0 Å². The van der Waals surface area contributed by atoms with Crippen LogP contribution in [0.3, 0.4) is 0 Å². The Hall–Kier alpha value is -2.85. The summed E-state index contributed by atoms with van der Waals surface area (Å²) in [6.45, 7) is 2.95. The van der Waals surface area contributed by atoms with Crippen LogP contribution in [0, 0.1) is 0 Å². The monoisotopic (exact) mass is 471 g/mol. The van der Waals surface area contributed by atoms with Crippen molar-refractivity contribution in [1.82, 2.24) is 10.3 Å². The van der Waals surface area contributed by atoms with Crippen LogP contribution in [0.25, 0.3) is 0 Å². The lowest BCUT2D eigenvalue weighted by atomic mass is 9.95. The van der Waals surface area contributed by atoms with E-state index in [9.17, 15) is 33.0 Å². The molecule has 1 saturated carbocycles. The van der Waals surface area contributed by atoms with E-state index in [-0.39, 0.29) is 47.0 Å². The van der Waals surface area contributed by atoms with Gasteiger partial charge < -0.3 is 20.8 Å². The van der Waals surface area contributed by atoms with Crippen molar-refractivity contribution in [3.05, 3.63) is 52.3 Å². The molecule has 1 aliphatic rings. The third-order valence-corrected chi connectivity index (χ3v) is 5.45. The molecule has 0 unspecified atom stereocenters. The number of carbonyl (C=O) groups is 2. The quantitative estimate of drug-likeness (QED) is 0.513. The van der Waals surface area contributed by atoms with Gasteiger partial charge in [-0.1, -0.05) is 11.6 Å². The number of pyridine rings is 1. The van der Waals surface area contributed by atoms with Gasteiger partial charge in [0.2, 0.25) is 5.91 Å². The predicted octanol–water partition coefficient (Wildman–Crippen LogP) is 3.67. The van der Waals surface area contributed by atoms with Crippen LogP contribution in [-0.2, 0) is 16.8 Å². The first kappa shape index (κ1) is 23.8. The molecule has 32 heavy (non-hydrogen) atoms. The number of anilines is 1. The highest BCUT2D eigenvalue weighted by atomic mass is 35.5. The van der Waals surface area contributed by atoms with Gasteiger partial charge in [0.25, 0.3) is 5.91 Å². The first-order chi connectivity index (χ1) is 14.7. The number of carbonyl (C=O) groups excluding carboxylic acids is 2. The Morgan fingerprint density at radius 3 is 2.44 bits per heavy atom. The Morgan fingerprint density at radius 1 is 1.22 bits per heavy atom. The molecule has 7 nitrogen and oxygen atoms in total. The number of nitrogens with one attached hydrogen (secondary N) is 2. The Kier molecular flexibility index (Phi) is 6.14. The summed E-state index contributed by atoms with van der Waals surface area (Å²) in [5.74, 6) is -1.77. The molecule has 2 amide bonds. The van der Waals surface area contributed by atoms with Gasteiger partial charge in [0.15, 0.2) is 0 Å². The highest BCUT2D eigenvalue weighted by molar-refractivity contribution is 6.31. The minimum atomic E-state index is -4.56.